The zero-order chi connectivity index (χ0) is 12.1. The predicted octanol–water partition coefficient (Wildman–Crippen LogP) is 2.90. The third-order valence-corrected chi connectivity index (χ3v) is 2.41. The van der Waals surface area contributed by atoms with Gasteiger partial charge in [0.05, 0.1) is 6.54 Å². The molecule has 2 nitrogen and oxygen atoms in total. The lowest BCUT2D eigenvalue weighted by molar-refractivity contribution is 0.550. The Balaban J connectivity index is 2.20. The number of nitrogens with zero attached hydrogens (tertiary/aromatic N) is 1. The molecule has 0 aliphatic rings. The maximum atomic E-state index is 13.0. The normalized spacial score (nSPS) is 9.94. The number of rotatable bonds is 4. The van der Waals surface area contributed by atoms with Gasteiger partial charge in [-0.1, -0.05) is 36.4 Å². The molecule has 17 heavy (non-hydrogen) atoms. The van der Waals surface area contributed by atoms with Gasteiger partial charge in [-0.2, -0.15) is 0 Å². The molecule has 3 heteroatoms. The Morgan fingerprint density at radius 3 is 2.47 bits per heavy atom. The summed E-state index contributed by atoms with van der Waals surface area (Å²) in [6.07, 6.45) is 1.81. The van der Waals surface area contributed by atoms with Crippen molar-refractivity contribution in [1.29, 1.82) is 0 Å². The summed E-state index contributed by atoms with van der Waals surface area (Å²) in [5.41, 5.74) is 1.48. The Morgan fingerprint density at radius 1 is 1.06 bits per heavy atom. The Hall–Kier alpha value is -2.16. The first kappa shape index (κ1) is 11.3. The molecule has 0 unspecified atom stereocenters. The number of benzene rings is 2. The number of hydrogen-bond donors (Lipinski definition) is 0. The molecule has 0 spiro atoms. The van der Waals surface area contributed by atoms with E-state index in [1.54, 1.807) is 12.1 Å². The third kappa shape index (κ3) is 2.91. The van der Waals surface area contributed by atoms with Crippen LogP contribution in [0.1, 0.15) is 5.56 Å². The topological polar surface area (TPSA) is 20.3 Å². The van der Waals surface area contributed by atoms with E-state index >= 15 is 0 Å². The third-order valence-electron chi connectivity index (χ3n) is 2.41. The maximum absolute atomic E-state index is 13.0. The summed E-state index contributed by atoms with van der Waals surface area (Å²) in [5, 5.41) is 0. The fourth-order valence-corrected chi connectivity index (χ4v) is 1.59. The predicted molar refractivity (Wildman–Crippen MR) is 64.7 cm³/mol. The van der Waals surface area contributed by atoms with E-state index in [2.05, 4.69) is 0 Å². The van der Waals surface area contributed by atoms with Gasteiger partial charge in [-0.3, -0.25) is 9.69 Å². The van der Waals surface area contributed by atoms with Crippen LogP contribution in [0.5, 0.6) is 0 Å². The Labute approximate surface area is 99.3 Å². The van der Waals surface area contributed by atoms with Crippen LogP contribution in [0.15, 0.2) is 54.6 Å². The van der Waals surface area contributed by atoms with Gasteiger partial charge in [0.2, 0.25) is 0 Å². The van der Waals surface area contributed by atoms with Gasteiger partial charge in [-0.15, -0.1) is 0 Å². The van der Waals surface area contributed by atoms with E-state index < -0.39 is 0 Å². The number of halogens is 1. The summed E-state index contributed by atoms with van der Waals surface area (Å²) in [4.78, 5) is 12.2. The molecule has 0 atom stereocenters. The van der Waals surface area contributed by atoms with Crippen LogP contribution in [0.2, 0.25) is 0 Å². The highest BCUT2D eigenvalue weighted by Crippen LogP contribution is 2.16. The van der Waals surface area contributed by atoms with E-state index in [0.29, 0.717) is 12.2 Å². The van der Waals surface area contributed by atoms with Crippen LogP contribution < -0.4 is 4.90 Å². The van der Waals surface area contributed by atoms with E-state index in [9.17, 15) is 9.18 Å². The smallest absolute Gasteiger partial charge is 0.300 e. The zero-order valence-corrected chi connectivity index (χ0v) is 9.14. The second kappa shape index (κ2) is 5.25. The van der Waals surface area contributed by atoms with Crippen molar-refractivity contribution in [3.63, 3.8) is 0 Å². The van der Waals surface area contributed by atoms with Crippen molar-refractivity contribution in [3.05, 3.63) is 66.0 Å². The molecule has 0 N–H and O–H groups in total. The molecule has 2 rings (SSSR count). The molecule has 0 aliphatic carbocycles. The summed E-state index contributed by atoms with van der Waals surface area (Å²) < 4.78 is 13.0. The molecular weight excluding hydrogens is 217 g/mol. The molecule has 0 bridgehead atoms. The van der Waals surface area contributed by atoms with Crippen LogP contribution in [-0.4, -0.2) is 6.41 Å². The van der Waals surface area contributed by atoms with E-state index in [1.165, 1.54) is 17.0 Å². The van der Waals surface area contributed by atoms with E-state index in [1.807, 2.05) is 36.7 Å². The highest BCUT2D eigenvalue weighted by Gasteiger charge is 2.07. The molecule has 0 saturated heterocycles. The molecule has 0 aliphatic heterocycles. The number of anilines is 1. The molecule has 1 amide bonds. The SMILES string of the molecule is O=[C]N(Cc1ccccc1)c1cccc(F)c1. The summed E-state index contributed by atoms with van der Waals surface area (Å²) in [6.45, 7) is 0.383. The van der Waals surface area contributed by atoms with Crippen molar-refractivity contribution in [2.75, 3.05) is 4.90 Å². The summed E-state index contributed by atoms with van der Waals surface area (Å²) in [6, 6.07) is 15.4. The van der Waals surface area contributed by atoms with Crippen LogP contribution in [-0.2, 0) is 11.3 Å². The minimum atomic E-state index is -0.365. The van der Waals surface area contributed by atoms with Crippen molar-refractivity contribution >= 4 is 12.1 Å². The summed E-state index contributed by atoms with van der Waals surface area (Å²) >= 11 is 0. The molecule has 0 heterocycles. The zero-order valence-electron chi connectivity index (χ0n) is 9.14. The first-order valence-corrected chi connectivity index (χ1v) is 5.24. The fourth-order valence-electron chi connectivity index (χ4n) is 1.59. The van der Waals surface area contributed by atoms with Crippen molar-refractivity contribution in [3.8, 4) is 0 Å². The van der Waals surface area contributed by atoms with Crippen LogP contribution in [0, 0.1) is 5.82 Å². The Bertz CT molecular complexity index is 499. The lowest BCUT2D eigenvalue weighted by Crippen LogP contribution is -2.20. The van der Waals surface area contributed by atoms with Crippen LogP contribution >= 0.6 is 0 Å². The van der Waals surface area contributed by atoms with Crippen LogP contribution in [0.25, 0.3) is 0 Å². The number of carbonyl (C=O) groups excluding carboxylic acids is 1. The van der Waals surface area contributed by atoms with Crippen molar-refractivity contribution in [2.24, 2.45) is 0 Å². The molecule has 2 aromatic carbocycles. The Morgan fingerprint density at radius 2 is 1.82 bits per heavy atom. The molecule has 85 valence electrons. The van der Waals surface area contributed by atoms with Gasteiger partial charge in [0.15, 0.2) is 0 Å². The van der Waals surface area contributed by atoms with E-state index in [-0.39, 0.29) is 5.82 Å². The average molecular weight is 228 g/mol. The maximum Gasteiger partial charge on any atom is 0.317 e. The molecule has 0 fully saturated rings. The lowest BCUT2D eigenvalue weighted by Gasteiger charge is -2.16. The van der Waals surface area contributed by atoms with Crippen LogP contribution in [0.4, 0.5) is 10.1 Å². The van der Waals surface area contributed by atoms with Gasteiger partial charge in [-0.25, -0.2) is 4.39 Å². The monoisotopic (exact) mass is 228 g/mol. The van der Waals surface area contributed by atoms with Gasteiger partial charge in [0.25, 0.3) is 0 Å². The van der Waals surface area contributed by atoms with E-state index in [0.717, 1.165) is 5.56 Å². The van der Waals surface area contributed by atoms with E-state index in [4.69, 9.17) is 0 Å². The summed E-state index contributed by atoms with van der Waals surface area (Å²) in [7, 11) is 0. The molecular formula is C14H11FNO. The number of amides is 1. The molecule has 0 aromatic heterocycles. The highest BCUT2D eigenvalue weighted by atomic mass is 19.1. The van der Waals surface area contributed by atoms with Gasteiger partial charge in [0, 0.05) is 5.69 Å². The van der Waals surface area contributed by atoms with Crippen molar-refractivity contribution < 1.29 is 9.18 Å². The van der Waals surface area contributed by atoms with Gasteiger partial charge < -0.3 is 0 Å². The minimum Gasteiger partial charge on any atom is -0.300 e. The second-order valence-corrected chi connectivity index (χ2v) is 3.64. The van der Waals surface area contributed by atoms with Crippen molar-refractivity contribution in [1.82, 2.24) is 0 Å². The highest BCUT2D eigenvalue weighted by molar-refractivity contribution is 5.75. The summed E-state index contributed by atoms with van der Waals surface area (Å²) in [5.74, 6) is -0.365. The molecule has 0 saturated carbocycles. The first-order chi connectivity index (χ1) is 8.29. The number of hydrogen-bond acceptors (Lipinski definition) is 1. The van der Waals surface area contributed by atoms with Gasteiger partial charge >= 0.3 is 6.41 Å². The Kier molecular flexibility index (Phi) is 3.50. The van der Waals surface area contributed by atoms with Gasteiger partial charge in [-0.05, 0) is 23.8 Å². The van der Waals surface area contributed by atoms with Crippen LogP contribution in [0.3, 0.4) is 0 Å². The lowest BCUT2D eigenvalue weighted by atomic mass is 10.2. The largest absolute Gasteiger partial charge is 0.317 e. The average Bonchev–Trinajstić information content (AvgIpc) is 2.37. The standard InChI is InChI=1S/C14H11FNO/c15-13-7-4-8-14(9-13)16(11-17)10-12-5-2-1-3-6-12/h1-9H,10H2. The van der Waals surface area contributed by atoms with Crippen molar-refractivity contribution in [2.45, 2.75) is 6.54 Å². The fraction of sp³-hybridized carbons (Fsp3) is 0.0714. The molecule has 2 aromatic rings. The van der Waals surface area contributed by atoms with Gasteiger partial charge in [0.1, 0.15) is 5.82 Å². The molecule has 1 radical (unpaired) electrons. The minimum absolute atomic E-state index is 0.365. The quantitative estimate of drug-likeness (QED) is 0.737. The second-order valence-electron chi connectivity index (χ2n) is 3.64. The first-order valence-electron chi connectivity index (χ1n) is 5.24.